The Balaban J connectivity index is 2.55. The first-order valence-corrected chi connectivity index (χ1v) is 9.05. The minimum atomic E-state index is -3.70. The molecule has 1 heterocycles. The highest BCUT2D eigenvalue weighted by Gasteiger charge is 2.35. The molecule has 2 N–H and O–H groups in total. The van der Waals surface area contributed by atoms with Crippen LogP contribution in [0.4, 0.5) is 0 Å². The fourth-order valence-corrected chi connectivity index (χ4v) is 5.58. The fraction of sp³-hybridized carbons (Fsp3) is 0.571. The molecule has 2 unspecified atom stereocenters. The molecule has 7 heteroatoms. The zero-order valence-electron chi connectivity index (χ0n) is 12.4. The highest BCUT2D eigenvalue weighted by atomic mass is 35.5. The summed E-state index contributed by atoms with van der Waals surface area (Å²) in [7, 11) is -3.70. The Hall–Kier alpha value is -0.330. The van der Waals surface area contributed by atoms with Crippen molar-refractivity contribution in [1.82, 2.24) is 4.31 Å². The number of nitrogens with zero attached hydrogens (tertiary/aromatic N) is 1. The number of rotatable bonds is 2. The predicted molar refractivity (Wildman–Crippen MR) is 86.5 cm³/mol. The van der Waals surface area contributed by atoms with Crippen LogP contribution in [0.2, 0.25) is 10.0 Å². The molecule has 0 spiro atoms. The second-order valence-corrected chi connectivity index (χ2v) is 8.53. The van der Waals surface area contributed by atoms with Gasteiger partial charge in [-0.15, -0.1) is 0 Å². The van der Waals surface area contributed by atoms with Crippen molar-refractivity contribution in [2.75, 3.05) is 13.1 Å². The Morgan fingerprint density at radius 1 is 1.29 bits per heavy atom. The molecule has 0 amide bonds. The first kappa shape index (κ1) is 17.0. The third-order valence-corrected chi connectivity index (χ3v) is 6.84. The van der Waals surface area contributed by atoms with E-state index in [9.17, 15) is 8.42 Å². The zero-order chi connectivity index (χ0) is 15.9. The second-order valence-electron chi connectivity index (χ2n) is 5.87. The zero-order valence-corrected chi connectivity index (χ0v) is 14.7. The largest absolute Gasteiger partial charge is 0.326 e. The molecule has 1 fully saturated rings. The molecule has 21 heavy (non-hydrogen) atoms. The quantitative estimate of drug-likeness (QED) is 0.891. The minimum Gasteiger partial charge on any atom is -0.326 e. The first-order chi connectivity index (χ1) is 9.64. The van der Waals surface area contributed by atoms with E-state index in [4.69, 9.17) is 28.9 Å². The van der Waals surface area contributed by atoms with E-state index in [1.165, 1.54) is 4.31 Å². The Kier molecular flexibility index (Phi) is 4.90. The lowest BCUT2D eigenvalue weighted by Gasteiger charge is -2.34. The molecule has 118 valence electrons. The van der Waals surface area contributed by atoms with Gasteiger partial charge < -0.3 is 5.73 Å². The molecule has 0 aliphatic carbocycles. The number of benzene rings is 1. The monoisotopic (exact) mass is 350 g/mol. The molecular weight excluding hydrogens is 331 g/mol. The average Bonchev–Trinajstić information content (AvgIpc) is 2.35. The lowest BCUT2D eigenvalue weighted by Crippen LogP contribution is -2.48. The average molecular weight is 351 g/mol. The smallest absolute Gasteiger partial charge is 0.244 e. The van der Waals surface area contributed by atoms with Crippen LogP contribution in [0.5, 0.6) is 0 Å². The van der Waals surface area contributed by atoms with Gasteiger partial charge in [-0.3, -0.25) is 0 Å². The van der Waals surface area contributed by atoms with Gasteiger partial charge in [-0.25, -0.2) is 8.42 Å². The maximum Gasteiger partial charge on any atom is 0.244 e. The summed E-state index contributed by atoms with van der Waals surface area (Å²) in [5, 5.41) is 0.647. The van der Waals surface area contributed by atoms with Gasteiger partial charge in [0, 0.05) is 24.2 Å². The Morgan fingerprint density at radius 3 is 2.48 bits per heavy atom. The lowest BCUT2D eigenvalue weighted by atomic mass is 9.99. The van der Waals surface area contributed by atoms with Crippen LogP contribution in [0.1, 0.15) is 24.5 Å². The van der Waals surface area contributed by atoms with Crippen molar-refractivity contribution < 1.29 is 8.42 Å². The van der Waals surface area contributed by atoms with Crippen LogP contribution < -0.4 is 5.73 Å². The standard InChI is InChI=1S/C14H20Cl2N2O2S/c1-8-4-11(17)7-18(6-8)21(19,20)14-10(3)12(15)5-9(2)13(14)16/h5,8,11H,4,6-7,17H2,1-3H3. The van der Waals surface area contributed by atoms with E-state index in [-0.39, 0.29) is 21.9 Å². The van der Waals surface area contributed by atoms with Gasteiger partial charge in [0.05, 0.1) is 5.02 Å². The first-order valence-electron chi connectivity index (χ1n) is 6.85. The summed E-state index contributed by atoms with van der Waals surface area (Å²) < 4.78 is 27.3. The topological polar surface area (TPSA) is 63.4 Å². The lowest BCUT2D eigenvalue weighted by molar-refractivity contribution is 0.254. The van der Waals surface area contributed by atoms with Gasteiger partial charge in [-0.05, 0) is 43.4 Å². The molecule has 0 bridgehead atoms. The van der Waals surface area contributed by atoms with Crippen LogP contribution in [-0.2, 0) is 10.0 Å². The summed E-state index contributed by atoms with van der Waals surface area (Å²) in [6, 6.07) is 1.53. The minimum absolute atomic E-state index is 0.107. The third kappa shape index (κ3) is 3.22. The summed E-state index contributed by atoms with van der Waals surface area (Å²) in [5.74, 6) is 0.225. The molecule has 1 saturated heterocycles. The molecule has 1 aromatic rings. The second kappa shape index (κ2) is 6.05. The van der Waals surface area contributed by atoms with Gasteiger partial charge in [0.25, 0.3) is 0 Å². The van der Waals surface area contributed by atoms with Crippen molar-refractivity contribution in [2.24, 2.45) is 11.7 Å². The van der Waals surface area contributed by atoms with Crippen molar-refractivity contribution >= 4 is 33.2 Å². The van der Waals surface area contributed by atoms with Gasteiger partial charge in [0.15, 0.2) is 0 Å². The maximum absolute atomic E-state index is 13.0. The van der Waals surface area contributed by atoms with Crippen molar-refractivity contribution in [1.29, 1.82) is 0 Å². The molecule has 0 radical (unpaired) electrons. The molecule has 1 aliphatic heterocycles. The number of halogens is 2. The predicted octanol–water partition coefficient (Wildman–Crippen LogP) is 2.97. The number of sulfonamides is 1. The number of aryl methyl sites for hydroxylation is 1. The van der Waals surface area contributed by atoms with Crippen molar-refractivity contribution in [2.45, 2.75) is 38.1 Å². The molecular formula is C14H20Cl2N2O2S. The molecule has 4 nitrogen and oxygen atoms in total. The van der Waals surface area contributed by atoms with Crippen molar-refractivity contribution in [3.05, 3.63) is 27.2 Å². The van der Waals surface area contributed by atoms with Gasteiger partial charge in [0.1, 0.15) is 4.90 Å². The van der Waals surface area contributed by atoms with Crippen LogP contribution in [-0.4, -0.2) is 31.9 Å². The normalized spacial score (nSPS) is 24.3. The summed E-state index contributed by atoms with van der Waals surface area (Å²) in [6.45, 7) is 6.19. The summed E-state index contributed by atoms with van der Waals surface area (Å²) in [5.41, 5.74) is 7.10. The van der Waals surface area contributed by atoms with E-state index in [1.54, 1.807) is 19.9 Å². The molecule has 1 aliphatic rings. The van der Waals surface area contributed by atoms with E-state index < -0.39 is 10.0 Å². The van der Waals surface area contributed by atoms with E-state index in [0.717, 1.165) is 6.42 Å². The summed E-state index contributed by atoms with van der Waals surface area (Å²) in [6.07, 6.45) is 0.827. The molecule has 2 atom stereocenters. The number of hydrogen-bond donors (Lipinski definition) is 1. The van der Waals surface area contributed by atoms with Crippen molar-refractivity contribution in [3.63, 3.8) is 0 Å². The van der Waals surface area contributed by atoms with Gasteiger partial charge in [0.2, 0.25) is 10.0 Å². The maximum atomic E-state index is 13.0. The number of nitrogens with two attached hydrogens (primary N) is 1. The molecule has 2 rings (SSSR count). The molecule has 1 aromatic carbocycles. The van der Waals surface area contributed by atoms with Crippen molar-refractivity contribution in [3.8, 4) is 0 Å². The van der Waals surface area contributed by atoms with Gasteiger partial charge in [-0.1, -0.05) is 30.1 Å². The Morgan fingerprint density at radius 2 is 1.90 bits per heavy atom. The highest BCUT2D eigenvalue weighted by molar-refractivity contribution is 7.89. The van der Waals surface area contributed by atoms with E-state index in [1.807, 2.05) is 6.92 Å². The molecule has 0 aromatic heterocycles. The van der Waals surface area contributed by atoms with Crippen LogP contribution in [0, 0.1) is 19.8 Å². The SMILES string of the molecule is Cc1cc(Cl)c(C)c(S(=O)(=O)N2CC(C)CC(N)C2)c1Cl. The van der Waals surface area contributed by atoms with E-state index in [0.29, 0.717) is 29.2 Å². The van der Waals surface area contributed by atoms with E-state index >= 15 is 0 Å². The van der Waals surface area contributed by atoms with Crippen LogP contribution >= 0.6 is 23.2 Å². The Labute approximate surface area is 136 Å². The van der Waals surface area contributed by atoms with E-state index in [2.05, 4.69) is 0 Å². The van der Waals surface area contributed by atoms with Crippen LogP contribution in [0.3, 0.4) is 0 Å². The van der Waals surface area contributed by atoms with Gasteiger partial charge in [-0.2, -0.15) is 4.31 Å². The third-order valence-electron chi connectivity index (χ3n) is 3.84. The van der Waals surface area contributed by atoms with Crippen LogP contribution in [0.15, 0.2) is 11.0 Å². The highest BCUT2D eigenvalue weighted by Crippen LogP contribution is 2.36. The fourth-order valence-electron chi connectivity index (χ4n) is 2.80. The Bertz CT molecular complexity index is 625. The van der Waals surface area contributed by atoms with Crippen LogP contribution in [0.25, 0.3) is 0 Å². The molecule has 0 saturated carbocycles. The van der Waals surface area contributed by atoms with Gasteiger partial charge >= 0.3 is 0 Å². The number of hydrogen-bond acceptors (Lipinski definition) is 3. The number of piperidine rings is 1. The summed E-state index contributed by atoms with van der Waals surface area (Å²) in [4.78, 5) is 0.107. The summed E-state index contributed by atoms with van der Waals surface area (Å²) >= 11 is 12.4.